The van der Waals surface area contributed by atoms with E-state index in [0.29, 0.717) is 5.56 Å². The highest BCUT2D eigenvalue weighted by atomic mass is 127. The van der Waals surface area contributed by atoms with Crippen molar-refractivity contribution in [1.82, 2.24) is 5.48 Å². The second-order valence-electron chi connectivity index (χ2n) is 5.90. The van der Waals surface area contributed by atoms with Crippen LogP contribution in [0, 0.1) is 15.2 Å². The molecule has 0 radical (unpaired) electrons. The first-order valence-electron chi connectivity index (χ1n) is 8.90. The summed E-state index contributed by atoms with van der Waals surface area (Å²) in [6.45, 7) is -1.44. The molecular weight excluding hydrogens is 531 g/mol. The number of nitrogens with zero attached hydrogens (tertiary/aromatic N) is 1. The van der Waals surface area contributed by atoms with Gasteiger partial charge in [0.2, 0.25) is 0 Å². The largest absolute Gasteiger partial charge is 0.394 e. The molecule has 0 saturated carbocycles. The number of aliphatic hydroxyl groups excluding tert-OH is 3. The zero-order chi connectivity index (χ0) is 22.8. The number of aliphatic hydroxyl groups is 3. The lowest BCUT2D eigenvalue weighted by molar-refractivity contribution is 0.0168. The minimum absolute atomic E-state index is 0.153. The summed E-state index contributed by atoms with van der Waals surface area (Å²) < 4.78 is 30.4. The van der Waals surface area contributed by atoms with E-state index in [9.17, 15) is 18.7 Å². The molecule has 0 aliphatic rings. The molecule has 31 heavy (non-hydrogen) atoms. The minimum atomic E-state index is -1.37. The van der Waals surface area contributed by atoms with Gasteiger partial charge in [0.05, 0.1) is 43.9 Å². The van der Waals surface area contributed by atoms with Crippen LogP contribution in [0.2, 0.25) is 0 Å². The average molecular weight is 551 g/mol. The molecule has 0 unspecified atom stereocenters. The van der Waals surface area contributed by atoms with Gasteiger partial charge in [-0.1, -0.05) is 5.16 Å². The van der Waals surface area contributed by atoms with E-state index < -0.39 is 28.8 Å². The smallest absolute Gasteiger partial charge is 0.277 e. The maximum Gasteiger partial charge on any atom is 0.277 e. The van der Waals surface area contributed by atoms with Crippen molar-refractivity contribution in [3.8, 4) is 0 Å². The summed E-state index contributed by atoms with van der Waals surface area (Å²) in [6.07, 6.45) is 0.854. The predicted octanol–water partition coefficient (Wildman–Crippen LogP) is 1.80. The third kappa shape index (κ3) is 6.80. The number of rotatable bonds is 11. The van der Waals surface area contributed by atoms with Crippen LogP contribution in [0.3, 0.4) is 0 Å². The number of anilines is 2. The predicted molar refractivity (Wildman–Crippen MR) is 116 cm³/mol. The van der Waals surface area contributed by atoms with Crippen molar-refractivity contribution in [1.29, 1.82) is 0 Å². The van der Waals surface area contributed by atoms with Crippen LogP contribution in [-0.4, -0.2) is 53.9 Å². The number of carbonyl (C=O) groups is 1. The Morgan fingerprint density at radius 2 is 1.87 bits per heavy atom. The van der Waals surface area contributed by atoms with Gasteiger partial charge in [-0.3, -0.25) is 9.63 Å². The molecule has 0 atom stereocenters. The standard InChI is InChI=1S/C19H20F2IN3O6/c20-16-11(9-23-30-5-3-26)8-14(19(29)25-31-6-4-27)18(17(16)21)24-15-2-1-13(22)7-12(15)10-28/h1-2,7-9,24,26-28H,3-6,10H2,(H,25,29). The second-order valence-corrected chi connectivity index (χ2v) is 7.14. The monoisotopic (exact) mass is 551 g/mol. The number of halogens is 3. The Hall–Kier alpha value is -2.39. The topological polar surface area (TPSA) is 133 Å². The molecule has 0 aliphatic carbocycles. The van der Waals surface area contributed by atoms with Crippen molar-refractivity contribution in [3.05, 3.63) is 56.2 Å². The molecule has 0 fully saturated rings. The number of oxime groups is 1. The number of carbonyl (C=O) groups excluding carboxylic acids is 1. The molecule has 0 bridgehead atoms. The van der Waals surface area contributed by atoms with E-state index in [0.717, 1.165) is 15.9 Å². The first-order chi connectivity index (χ1) is 14.9. The summed E-state index contributed by atoms with van der Waals surface area (Å²) in [5, 5.41) is 33.1. The van der Waals surface area contributed by atoms with Crippen LogP contribution in [-0.2, 0) is 16.3 Å². The van der Waals surface area contributed by atoms with E-state index in [1.807, 2.05) is 28.1 Å². The maximum atomic E-state index is 14.9. The van der Waals surface area contributed by atoms with Crippen LogP contribution in [0.15, 0.2) is 29.4 Å². The van der Waals surface area contributed by atoms with Crippen molar-refractivity contribution in [3.63, 3.8) is 0 Å². The van der Waals surface area contributed by atoms with E-state index in [1.165, 1.54) is 0 Å². The van der Waals surface area contributed by atoms with Crippen LogP contribution in [0.25, 0.3) is 0 Å². The van der Waals surface area contributed by atoms with E-state index in [-0.39, 0.29) is 44.3 Å². The normalized spacial score (nSPS) is 11.0. The number of hydrogen-bond acceptors (Lipinski definition) is 8. The highest BCUT2D eigenvalue weighted by molar-refractivity contribution is 14.1. The first kappa shape index (κ1) is 24.9. The Bertz CT molecular complexity index is 945. The van der Waals surface area contributed by atoms with E-state index >= 15 is 0 Å². The highest BCUT2D eigenvalue weighted by Gasteiger charge is 2.23. The van der Waals surface area contributed by atoms with Gasteiger partial charge >= 0.3 is 0 Å². The van der Waals surface area contributed by atoms with Gasteiger partial charge in [0.25, 0.3) is 5.91 Å². The lowest BCUT2D eigenvalue weighted by Gasteiger charge is -2.17. The molecule has 2 aromatic carbocycles. The Morgan fingerprint density at radius 3 is 2.55 bits per heavy atom. The van der Waals surface area contributed by atoms with Crippen LogP contribution in [0.1, 0.15) is 21.5 Å². The lowest BCUT2D eigenvalue weighted by Crippen LogP contribution is -2.26. The van der Waals surface area contributed by atoms with Gasteiger partial charge in [0.15, 0.2) is 11.6 Å². The van der Waals surface area contributed by atoms with Gasteiger partial charge in [-0.05, 0) is 46.9 Å². The van der Waals surface area contributed by atoms with Gasteiger partial charge in [0, 0.05) is 20.4 Å². The maximum absolute atomic E-state index is 14.9. The number of nitrogens with one attached hydrogen (secondary N) is 2. The van der Waals surface area contributed by atoms with Crippen molar-refractivity contribution in [2.75, 3.05) is 31.7 Å². The molecule has 0 saturated heterocycles. The molecule has 12 heteroatoms. The van der Waals surface area contributed by atoms with Crippen molar-refractivity contribution < 1.29 is 38.6 Å². The van der Waals surface area contributed by atoms with Gasteiger partial charge in [-0.25, -0.2) is 14.3 Å². The number of benzene rings is 2. The highest BCUT2D eigenvalue weighted by Crippen LogP contribution is 2.30. The zero-order valence-electron chi connectivity index (χ0n) is 16.1. The first-order valence-corrected chi connectivity index (χ1v) is 9.98. The van der Waals surface area contributed by atoms with Crippen LogP contribution >= 0.6 is 22.6 Å². The lowest BCUT2D eigenvalue weighted by atomic mass is 10.1. The Kier molecular flexibility index (Phi) is 10.00. The third-order valence-electron chi connectivity index (χ3n) is 3.78. The average Bonchev–Trinajstić information content (AvgIpc) is 2.76. The summed E-state index contributed by atoms with van der Waals surface area (Å²) in [7, 11) is 0. The summed E-state index contributed by atoms with van der Waals surface area (Å²) in [6, 6.07) is 5.89. The molecule has 1 amide bonds. The van der Waals surface area contributed by atoms with Crippen LogP contribution < -0.4 is 10.8 Å². The zero-order valence-corrected chi connectivity index (χ0v) is 18.2. The molecular formula is C19H20F2IN3O6. The van der Waals surface area contributed by atoms with Gasteiger partial charge in [-0.15, -0.1) is 0 Å². The van der Waals surface area contributed by atoms with E-state index in [4.69, 9.17) is 15.1 Å². The molecule has 0 aromatic heterocycles. The van der Waals surface area contributed by atoms with Gasteiger partial charge < -0.3 is 25.5 Å². The molecule has 0 aliphatic heterocycles. The minimum Gasteiger partial charge on any atom is -0.394 e. The van der Waals surface area contributed by atoms with Gasteiger partial charge in [-0.2, -0.15) is 0 Å². The van der Waals surface area contributed by atoms with E-state index in [2.05, 4.69) is 15.3 Å². The fraction of sp³-hybridized carbons (Fsp3) is 0.263. The molecule has 2 rings (SSSR count). The van der Waals surface area contributed by atoms with Gasteiger partial charge in [0.1, 0.15) is 6.61 Å². The number of hydroxylamine groups is 1. The molecule has 9 nitrogen and oxygen atoms in total. The van der Waals surface area contributed by atoms with Crippen molar-refractivity contribution >= 4 is 46.1 Å². The van der Waals surface area contributed by atoms with Crippen LogP contribution in [0.4, 0.5) is 20.2 Å². The quantitative estimate of drug-likeness (QED) is 0.125. The molecule has 2 aromatic rings. The molecule has 168 valence electrons. The van der Waals surface area contributed by atoms with Crippen LogP contribution in [0.5, 0.6) is 0 Å². The number of amides is 1. The Labute approximate surface area is 189 Å². The fourth-order valence-corrected chi connectivity index (χ4v) is 2.95. The summed E-state index contributed by atoms with van der Waals surface area (Å²) in [5.74, 6) is -3.60. The fourth-order valence-electron chi connectivity index (χ4n) is 2.40. The molecule has 5 N–H and O–H groups in total. The van der Waals surface area contributed by atoms with E-state index in [1.54, 1.807) is 18.2 Å². The summed E-state index contributed by atoms with van der Waals surface area (Å²) in [5.41, 5.74) is 1.48. The van der Waals surface area contributed by atoms with Crippen molar-refractivity contribution in [2.45, 2.75) is 6.61 Å². The number of hydrogen-bond donors (Lipinski definition) is 5. The molecule has 0 spiro atoms. The van der Waals surface area contributed by atoms with Crippen molar-refractivity contribution in [2.24, 2.45) is 5.16 Å². The molecule has 0 heterocycles. The Balaban J connectivity index is 2.50. The summed E-state index contributed by atoms with van der Waals surface area (Å²) >= 11 is 2.03. The summed E-state index contributed by atoms with van der Waals surface area (Å²) in [4.78, 5) is 22.0. The second kappa shape index (κ2) is 12.5. The third-order valence-corrected chi connectivity index (χ3v) is 4.45. The Morgan fingerprint density at radius 1 is 1.13 bits per heavy atom. The SMILES string of the molecule is O=C(NOCCO)c1cc(C=NOCCO)c(F)c(F)c1Nc1ccc(I)cc1CO.